The molecule has 86 valence electrons. The Bertz CT molecular complexity index is 122. The van der Waals surface area contributed by atoms with Crippen molar-refractivity contribution in [2.45, 2.75) is 46.5 Å². The summed E-state index contributed by atoms with van der Waals surface area (Å²) >= 11 is 0. The maximum atomic E-state index is 5.88. The summed E-state index contributed by atoms with van der Waals surface area (Å²) in [7, 11) is 2.21. The first-order chi connectivity index (χ1) is 6.64. The van der Waals surface area contributed by atoms with E-state index in [1.54, 1.807) is 0 Å². The number of hydrogen-bond donors (Lipinski definition) is 1. The second kappa shape index (κ2) is 7.24. The highest BCUT2D eigenvalue weighted by Crippen LogP contribution is 2.25. The predicted octanol–water partition coefficient (Wildman–Crippen LogP) is 2.48. The van der Waals surface area contributed by atoms with Gasteiger partial charge in [-0.2, -0.15) is 0 Å². The van der Waals surface area contributed by atoms with Crippen molar-refractivity contribution in [2.24, 2.45) is 11.1 Å². The van der Waals surface area contributed by atoms with Gasteiger partial charge in [0.25, 0.3) is 0 Å². The number of hydrogen-bond acceptors (Lipinski definition) is 2. The van der Waals surface area contributed by atoms with Gasteiger partial charge in [-0.15, -0.1) is 0 Å². The lowest BCUT2D eigenvalue weighted by molar-refractivity contribution is 0.165. The molecule has 0 atom stereocenters. The van der Waals surface area contributed by atoms with E-state index in [4.69, 9.17) is 5.73 Å². The summed E-state index contributed by atoms with van der Waals surface area (Å²) < 4.78 is 0. The summed E-state index contributed by atoms with van der Waals surface area (Å²) in [4.78, 5) is 2.43. The zero-order valence-electron chi connectivity index (χ0n) is 10.5. The lowest BCUT2D eigenvalue weighted by Gasteiger charge is -2.34. The van der Waals surface area contributed by atoms with Crippen LogP contribution in [0.2, 0.25) is 0 Å². The number of nitrogens with zero attached hydrogens (tertiary/aromatic N) is 1. The van der Waals surface area contributed by atoms with Crippen molar-refractivity contribution >= 4 is 0 Å². The standard InChI is InChI=1S/C12H28N2/c1-5-8-9-14(4)11-12(6-2,7-3)10-13/h5-11,13H2,1-4H3. The molecule has 14 heavy (non-hydrogen) atoms. The van der Waals surface area contributed by atoms with Crippen LogP contribution in [0.3, 0.4) is 0 Å². The van der Waals surface area contributed by atoms with Gasteiger partial charge in [0.2, 0.25) is 0 Å². The van der Waals surface area contributed by atoms with E-state index in [0.717, 1.165) is 13.1 Å². The quantitative estimate of drug-likeness (QED) is 0.652. The normalized spacial score (nSPS) is 12.4. The molecule has 2 N–H and O–H groups in total. The zero-order valence-corrected chi connectivity index (χ0v) is 10.5. The van der Waals surface area contributed by atoms with Crippen LogP contribution in [0.15, 0.2) is 0 Å². The van der Waals surface area contributed by atoms with Crippen LogP contribution in [0.25, 0.3) is 0 Å². The van der Waals surface area contributed by atoms with Crippen molar-refractivity contribution in [3.63, 3.8) is 0 Å². The van der Waals surface area contributed by atoms with Crippen LogP contribution in [-0.4, -0.2) is 31.6 Å². The van der Waals surface area contributed by atoms with E-state index < -0.39 is 0 Å². The lowest BCUT2D eigenvalue weighted by atomic mass is 9.82. The van der Waals surface area contributed by atoms with Crippen LogP contribution in [0.1, 0.15) is 46.5 Å². The number of unbranched alkanes of at least 4 members (excludes halogenated alkanes) is 1. The first-order valence-electron chi connectivity index (χ1n) is 6.02. The molecule has 0 aliphatic carbocycles. The first-order valence-corrected chi connectivity index (χ1v) is 6.02. The summed E-state index contributed by atoms with van der Waals surface area (Å²) in [6, 6.07) is 0. The number of nitrogens with two attached hydrogens (primary N) is 1. The monoisotopic (exact) mass is 200 g/mol. The van der Waals surface area contributed by atoms with Gasteiger partial charge in [-0.1, -0.05) is 27.2 Å². The molecule has 2 nitrogen and oxygen atoms in total. The third kappa shape index (κ3) is 4.43. The average Bonchev–Trinajstić information content (AvgIpc) is 2.23. The van der Waals surface area contributed by atoms with Crippen LogP contribution in [-0.2, 0) is 0 Å². The van der Waals surface area contributed by atoms with Crippen molar-refractivity contribution in [3.05, 3.63) is 0 Å². The van der Waals surface area contributed by atoms with Gasteiger partial charge in [0.05, 0.1) is 0 Å². The molecule has 0 fully saturated rings. The first kappa shape index (κ1) is 13.9. The molecule has 0 aromatic rings. The minimum atomic E-state index is 0.350. The minimum Gasteiger partial charge on any atom is -0.330 e. The Labute approximate surface area is 89.9 Å². The van der Waals surface area contributed by atoms with E-state index in [1.807, 2.05) is 0 Å². The van der Waals surface area contributed by atoms with Gasteiger partial charge >= 0.3 is 0 Å². The number of rotatable bonds is 8. The van der Waals surface area contributed by atoms with Crippen molar-refractivity contribution in [2.75, 3.05) is 26.7 Å². The molecule has 0 aromatic carbocycles. The predicted molar refractivity (Wildman–Crippen MR) is 64.5 cm³/mol. The Balaban J connectivity index is 4.01. The highest BCUT2D eigenvalue weighted by Gasteiger charge is 2.25. The van der Waals surface area contributed by atoms with Crippen molar-refractivity contribution in [3.8, 4) is 0 Å². The van der Waals surface area contributed by atoms with E-state index in [2.05, 4.69) is 32.7 Å². The maximum Gasteiger partial charge on any atom is 0.00468 e. The molecule has 0 unspecified atom stereocenters. The molecular weight excluding hydrogens is 172 g/mol. The molecule has 0 heterocycles. The molecule has 0 aliphatic heterocycles. The fourth-order valence-corrected chi connectivity index (χ4v) is 1.91. The van der Waals surface area contributed by atoms with E-state index >= 15 is 0 Å². The van der Waals surface area contributed by atoms with Crippen molar-refractivity contribution in [1.82, 2.24) is 4.90 Å². The molecule has 0 aromatic heterocycles. The van der Waals surface area contributed by atoms with E-state index in [-0.39, 0.29) is 0 Å². The van der Waals surface area contributed by atoms with E-state index in [0.29, 0.717) is 5.41 Å². The van der Waals surface area contributed by atoms with Gasteiger partial charge in [0.15, 0.2) is 0 Å². The van der Waals surface area contributed by atoms with Gasteiger partial charge < -0.3 is 10.6 Å². The Morgan fingerprint density at radius 2 is 1.71 bits per heavy atom. The topological polar surface area (TPSA) is 29.3 Å². The van der Waals surface area contributed by atoms with Crippen LogP contribution in [0.4, 0.5) is 0 Å². The van der Waals surface area contributed by atoms with Crippen LogP contribution < -0.4 is 5.73 Å². The Morgan fingerprint density at radius 1 is 1.14 bits per heavy atom. The second-order valence-corrected chi connectivity index (χ2v) is 4.50. The smallest absolute Gasteiger partial charge is 0.00468 e. The van der Waals surface area contributed by atoms with Crippen molar-refractivity contribution in [1.29, 1.82) is 0 Å². The van der Waals surface area contributed by atoms with Crippen LogP contribution in [0, 0.1) is 5.41 Å². The summed E-state index contributed by atoms with van der Waals surface area (Å²) in [5.74, 6) is 0. The third-order valence-corrected chi connectivity index (χ3v) is 3.43. The third-order valence-electron chi connectivity index (χ3n) is 3.43. The highest BCUT2D eigenvalue weighted by atomic mass is 15.1. The largest absolute Gasteiger partial charge is 0.330 e. The highest BCUT2D eigenvalue weighted by molar-refractivity contribution is 4.80. The average molecular weight is 200 g/mol. The zero-order chi connectivity index (χ0) is 11.0. The van der Waals surface area contributed by atoms with Gasteiger partial charge in [0.1, 0.15) is 0 Å². The molecule has 2 heteroatoms. The molecule has 0 radical (unpaired) electrons. The molecule has 0 aliphatic rings. The van der Waals surface area contributed by atoms with Gasteiger partial charge in [-0.05, 0) is 44.8 Å². The second-order valence-electron chi connectivity index (χ2n) is 4.50. The maximum absolute atomic E-state index is 5.88. The molecule has 0 saturated carbocycles. The molecule has 0 spiro atoms. The summed E-state index contributed by atoms with van der Waals surface area (Å²) in [6.07, 6.45) is 4.95. The fourth-order valence-electron chi connectivity index (χ4n) is 1.91. The SMILES string of the molecule is CCCCN(C)CC(CC)(CC)CN. The Morgan fingerprint density at radius 3 is 2.07 bits per heavy atom. The summed E-state index contributed by atoms with van der Waals surface area (Å²) in [6.45, 7) is 9.92. The Hall–Kier alpha value is -0.0800. The fraction of sp³-hybridized carbons (Fsp3) is 1.00. The van der Waals surface area contributed by atoms with Crippen LogP contribution >= 0.6 is 0 Å². The Kier molecular flexibility index (Phi) is 7.20. The molecule has 0 bridgehead atoms. The minimum absolute atomic E-state index is 0.350. The van der Waals surface area contributed by atoms with E-state index in [1.165, 1.54) is 32.2 Å². The summed E-state index contributed by atoms with van der Waals surface area (Å²) in [5, 5.41) is 0. The van der Waals surface area contributed by atoms with Gasteiger partial charge in [-0.25, -0.2) is 0 Å². The van der Waals surface area contributed by atoms with Crippen LogP contribution in [0.5, 0.6) is 0 Å². The molecular formula is C12H28N2. The summed E-state index contributed by atoms with van der Waals surface area (Å²) in [5.41, 5.74) is 6.23. The molecule has 0 rings (SSSR count). The molecule has 0 amide bonds. The van der Waals surface area contributed by atoms with E-state index in [9.17, 15) is 0 Å². The van der Waals surface area contributed by atoms with Crippen molar-refractivity contribution < 1.29 is 0 Å². The molecule has 0 saturated heterocycles. The van der Waals surface area contributed by atoms with Gasteiger partial charge in [-0.3, -0.25) is 0 Å². The lowest BCUT2D eigenvalue weighted by Crippen LogP contribution is -2.40. The van der Waals surface area contributed by atoms with Gasteiger partial charge in [0, 0.05) is 6.54 Å².